The minimum atomic E-state index is -0.979. The number of carboxylic acid groups (broad SMARTS) is 1. The average Bonchev–Trinajstić information content (AvgIpc) is 3.45. The lowest BCUT2D eigenvalue weighted by Gasteiger charge is -2.39. The molecule has 0 radical (unpaired) electrons. The summed E-state index contributed by atoms with van der Waals surface area (Å²) in [7, 11) is 0. The van der Waals surface area contributed by atoms with E-state index in [1.54, 1.807) is 13.0 Å². The first-order valence-corrected chi connectivity index (χ1v) is 11.2. The van der Waals surface area contributed by atoms with Crippen molar-refractivity contribution in [1.29, 1.82) is 0 Å². The predicted octanol–water partition coefficient (Wildman–Crippen LogP) is 5.83. The van der Waals surface area contributed by atoms with E-state index < -0.39 is 16.8 Å². The summed E-state index contributed by atoms with van der Waals surface area (Å²) in [4.78, 5) is 25.7. The molecule has 1 heterocycles. The number of rotatable bonds is 6. The summed E-state index contributed by atoms with van der Waals surface area (Å²) in [6, 6.07) is 11.7. The van der Waals surface area contributed by atoms with E-state index in [-0.39, 0.29) is 11.5 Å². The van der Waals surface area contributed by atoms with E-state index in [0.717, 1.165) is 14.9 Å². The van der Waals surface area contributed by atoms with Crippen LogP contribution in [0.3, 0.4) is 0 Å². The number of thiophene rings is 1. The van der Waals surface area contributed by atoms with Crippen LogP contribution in [0.5, 0.6) is 0 Å². The molecule has 1 atom stereocenters. The van der Waals surface area contributed by atoms with Crippen LogP contribution in [0.25, 0.3) is 5.57 Å². The van der Waals surface area contributed by atoms with Gasteiger partial charge in [0.1, 0.15) is 0 Å². The van der Waals surface area contributed by atoms with Crippen LogP contribution in [-0.4, -0.2) is 23.7 Å². The number of carbonyl (C=O) groups excluding carboxylic acids is 1. The number of carbonyl (C=O) groups is 2. The summed E-state index contributed by atoms with van der Waals surface area (Å²) in [5.74, 6) is -1.21. The van der Waals surface area contributed by atoms with Gasteiger partial charge in [0.2, 0.25) is 0 Å². The second-order valence-corrected chi connectivity index (χ2v) is 9.87. The molecule has 1 N–H and O–H groups in total. The van der Waals surface area contributed by atoms with Gasteiger partial charge in [-0.05, 0) is 59.3 Å². The lowest BCUT2D eigenvalue weighted by Crippen LogP contribution is -2.42. The molecule has 1 aromatic carbocycles. The molecule has 0 spiro atoms. The van der Waals surface area contributed by atoms with E-state index in [1.807, 2.05) is 42.5 Å². The van der Waals surface area contributed by atoms with Crippen molar-refractivity contribution in [2.45, 2.75) is 31.6 Å². The summed E-state index contributed by atoms with van der Waals surface area (Å²) in [5.41, 5.74) is 0.991. The third-order valence-corrected chi connectivity index (χ3v) is 7.72. The maximum atomic E-state index is 13.0. The van der Waals surface area contributed by atoms with Crippen molar-refractivity contribution >= 4 is 44.8 Å². The fourth-order valence-electron chi connectivity index (χ4n) is 4.30. The number of aromatic carboxylic acids is 1. The van der Waals surface area contributed by atoms with Crippen molar-refractivity contribution in [1.82, 2.24) is 0 Å². The van der Waals surface area contributed by atoms with Gasteiger partial charge in [0.05, 0.1) is 21.4 Å². The quantitative estimate of drug-likeness (QED) is 0.536. The van der Waals surface area contributed by atoms with Gasteiger partial charge in [-0.2, -0.15) is 0 Å². The van der Waals surface area contributed by atoms with Crippen molar-refractivity contribution in [3.63, 3.8) is 0 Å². The normalized spacial score (nSPS) is 22.1. The molecule has 1 aromatic heterocycles. The Kier molecular flexibility index (Phi) is 5.25. The molecule has 1 fully saturated rings. The Morgan fingerprint density at radius 3 is 2.52 bits per heavy atom. The summed E-state index contributed by atoms with van der Waals surface area (Å²) in [6.45, 7) is 2.11. The van der Waals surface area contributed by atoms with Gasteiger partial charge in [-0.3, -0.25) is 4.79 Å². The van der Waals surface area contributed by atoms with Crippen molar-refractivity contribution < 1.29 is 19.4 Å². The number of esters is 1. The van der Waals surface area contributed by atoms with E-state index in [0.29, 0.717) is 30.7 Å². The summed E-state index contributed by atoms with van der Waals surface area (Å²) in [6.07, 6.45) is 8.13. The van der Waals surface area contributed by atoms with Gasteiger partial charge >= 0.3 is 11.9 Å². The minimum Gasteiger partial charge on any atom is -0.478 e. The maximum Gasteiger partial charge on any atom is 0.336 e. The number of allylic oxidation sites excluding steroid dienone is 4. The molecule has 6 heteroatoms. The Hall–Kier alpha value is -2.18. The highest BCUT2D eigenvalue weighted by Gasteiger charge is 2.66. The number of benzene rings is 1. The molecule has 2 aromatic rings. The van der Waals surface area contributed by atoms with Crippen LogP contribution in [0.15, 0.2) is 58.4 Å². The largest absolute Gasteiger partial charge is 0.478 e. The minimum absolute atomic E-state index is 0.234. The highest BCUT2D eigenvalue weighted by Crippen LogP contribution is 2.65. The maximum absolute atomic E-state index is 13.0. The molecular formula is C23H21BrO4S. The predicted molar refractivity (Wildman–Crippen MR) is 117 cm³/mol. The third-order valence-electron chi connectivity index (χ3n) is 5.91. The van der Waals surface area contributed by atoms with E-state index in [1.165, 1.54) is 11.3 Å². The summed E-state index contributed by atoms with van der Waals surface area (Å²) < 4.78 is 6.19. The third kappa shape index (κ3) is 3.28. The Balaban J connectivity index is 1.84. The van der Waals surface area contributed by atoms with Crippen molar-refractivity contribution in [3.8, 4) is 0 Å². The highest BCUT2D eigenvalue weighted by molar-refractivity contribution is 9.11. The monoisotopic (exact) mass is 472 g/mol. The van der Waals surface area contributed by atoms with E-state index in [2.05, 4.69) is 22.0 Å². The van der Waals surface area contributed by atoms with Gasteiger partial charge in [0, 0.05) is 10.3 Å². The molecule has 4 nitrogen and oxygen atoms in total. The van der Waals surface area contributed by atoms with Crippen molar-refractivity contribution in [2.24, 2.45) is 5.41 Å². The Morgan fingerprint density at radius 1 is 1.24 bits per heavy atom. The van der Waals surface area contributed by atoms with Crippen LogP contribution in [-0.2, 0) is 14.9 Å². The van der Waals surface area contributed by atoms with Crippen molar-refractivity contribution in [3.05, 3.63) is 74.4 Å². The van der Waals surface area contributed by atoms with Crippen LogP contribution in [0, 0.1) is 5.41 Å². The van der Waals surface area contributed by atoms with Gasteiger partial charge in [-0.15, -0.1) is 11.3 Å². The fourth-order valence-corrected chi connectivity index (χ4v) is 6.17. The second kappa shape index (κ2) is 7.58. The average molecular weight is 473 g/mol. The number of ether oxygens (including phenoxy) is 1. The van der Waals surface area contributed by atoms with Gasteiger partial charge in [0.15, 0.2) is 0 Å². The number of halogens is 1. The topological polar surface area (TPSA) is 63.6 Å². The zero-order valence-electron chi connectivity index (χ0n) is 16.0. The number of hydrogen-bond acceptors (Lipinski definition) is 4. The second-order valence-electron chi connectivity index (χ2n) is 7.44. The van der Waals surface area contributed by atoms with Gasteiger partial charge < -0.3 is 9.84 Å². The molecule has 1 unspecified atom stereocenters. The highest BCUT2D eigenvalue weighted by atomic mass is 79.9. The zero-order valence-corrected chi connectivity index (χ0v) is 18.4. The first kappa shape index (κ1) is 20.1. The lowest BCUT2D eigenvalue weighted by molar-refractivity contribution is -0.152. The zero-order chi connectivity index (χ0) is 20.6. The van der Waals surface area contributed by atoms with E-state index in [9.17, 15) is 14.7 Å². The molecule has 0 bridgehead atoms. The molecule has 150 valence electrons. The standard InChI is InChI=1S/C23H21BrO4S/c1-2-28-21(27)23(12-13-23)22(19-17(20(25)26)14-18(24)29-19)10-8-16(9-11-22)15-6-4-3-5-7-15/h3-10,14H,2,11-13H2,1H3,(H,25,26). The molecule has 4 rings (SSSR count). The molecule has 29 heavy (non-hydrogen) atoms. The van der Waals surface area contributed by atoms with Gasteiger partial charge in [-0.25, -0.2) is 4.79 Å². The number of hydrogen-bond donors (Lipinski definition) is 1. The Bertz CT molecular complexity index is 1020. The molecular weight excluding hydrogens is 452 g/mol. The van der Waals surface area contributed by atoms with Crippen LogP contribution in [0.2, 0.25) is 0 Å². The van der Waals surface area contributed by atoms with E-state index in [4.69, 9.17) is 4.74 Å². The summed E-state index contributed by atoms with van der Waals surface area (Å²) >= 11 is 4.84. The first-order valence-electron chi connectivity index (χ1n) is 9.59. The SMILES string of the molecule is CCOC(=O)C1(C2(c3sc(Br)cc3C(=O)O)C=CC(c3ccccc3)=CC2)CC1. The molecule has 2 aliphatic rings. The van der Waals surface area contributed by atoms with Crippen LogP contribution >= 0.6 is 27.3 Å². The smallest absolute Gasteiger partial charge is 0.336 e. The Labute approximate surface area is 182 Å². The van der Waals surface area contributed by atoms with E-state index >= 15 is 0 Å². The molecule has 0 aliphatic heterocycles. The van der Waals surface area contributed by atoms with Gasteiger partial charge in [-0.1, -0.05) is 48.6 Å². The Morgan fingerprint density at radius 2 is 1.97 bits per heavy atom. The van der Waals surface area contributed by atoms with Crippen LogP contribution in [0.4, 0.5) is 0 Å². The lowest BCUT2D eigenvalue weighted by atomic mass is 9.65. The van der Waals surface area contributed by atoms with Gasteiger partial charge in [0.25, 0.3) is 0 Å². The van der Waals surface area contributed by atoms with Crippen LogP contribution in [0.1, 0.15) is 47.0 Å². The first-order chi connectivity index (χ1) is 13.9. The fraction of sp³-hybridized carbons (Fsp3) is 0.304. The summed E-state index contributed by atoms with van der Waals surface area (Å²) in [5, 5.41) is 9.81. The molecule has 1 saturated carbocycles. The molecule has 2 aliphatic carbocycles. The number of carboxylic acids is 1. The molecule has 0 saturated heterocycles. The molecule has 0 amide bonds. The van der Waals surface area contributed by atoms with Crippen molar-refractivity contribution in [2.75, 3.05) is 6.61 Å². The van der Waals surface area contributed by atoms with Crippen LogP contribution < -0.4 is 0 Å².